The van der Waals surface area contributed by atoms with Gasteiger partial charge in [0.25, 0.3) is 5.91 Å². The molecule has 0 atom stereocenters. The molecular weight excluding hydrogens is 371 g/mol. The van der Waals surface area contributed by atoms with Gasteiger partial charge in [0.1, 0.15) is 5.82 Å². The lowest BCUT2D eigenvalue weighted by Crippen LogP contribution is -2.20. The largest absolute Gasteiger partial charge is 0.465 e. The van der Waals surface area contributed by atoms with Crippen LogP contribution in [-0.4, -0.2) is 37.3 Å². The van der Waals surface area contributed by atoms with Crippen LogP contribution < -0.4 is 4.80 Å². The summed E-state index contributed by atoms with van der Waals surface area (Å²) in [5, 5.41) is 0. The van der Waals surface area contributed by atoms with Crippen molar-refractivity contribution >= 4 is 33.4 Å². The van der Waals surface area contributed by atoms with Gasteiger partial charge in [-0.1, -0.05) is 29.5 Å². The van der Waals surface area contributed by atoms with E-state index in [9.17, 15) is 14.0 Å². The Bertz CT molecular complexity index is 1070. The first kappa shape index (κ1) is 18.9. The third-order valence-corrected chi connectivity index (χ3v) is 4.97. The van der Waals surface area contributed by atoms with Crippen molar-refractivity contribution < 1.29 is 23.5 Å². The summed E-state index contributed by atoms with van der Waals surface area (Å²) in [6, 6.07) is 11.0. The number of esters is 1. The van der Waals surface area contributed by atoms with Crippen LogP contribution in [0.3, 0.4) is 0 Å². The van der Waals surface area contributed by atoms with E-state index in [-0.39, 0.29) is 11.1 Å². The number of ether oxygens (including phenoxy) is 2. The van der Waals surface area contributed by atoms with Gasteiger partial charge in [-0.05, 0) is 24.3 Å². The van der Waals surface area contributed by atoms with E-state index in [1.807, 2.05) is 0 Å². The molecule has 27 heavy (non-hydrogen) atoms. The Morgan fingerprint density at radius 1 is 1.11 bits per heavy atom. The van der Waals surface area contributed by atoms with E-state index >= 15 is 0 Å². The SMILES string of the molecule is COCCn1c(=NC(=O)c2ccccc2C(=O)OC)sc2cccc(F)c21. The van der Waals surface area contributed by atoms with E-state index in [4.69, 9.17) is 9.47 Å². The van der Waals surface area contributed by atoms with Gasteiger partial charge in [-0.2, -0.15) is 4.99 Å². The van der Waals surface area contributed by atoms with Crippen molar-refractivity contribution in [1.82, 2.24) is 4.57 Å². The van der Waals surface area contributed by atoms with Crippen LogP contribution in [0.4, 0.5) is 4.39 Å². The molecule has 1 aromatic heterocycles. The zero-order valence-electron chi connectivity index (χ0n) is 14.8. The summed E-state index contributed by atoms with van der Waals surface area (Å²) in [6.07, 6.45) is 0. The van der Waals surface area contributed by atoms with Gasteiger partial charge < -0.3 is 14.0 Å². The van der Waals surface area contributed by atoms with Gasteiger partial charge in [0, 0.05) is 13.7 Å². The highest BCUT2D eigenvalue weighted by Gasteiger charge is 2.18. The number of amides is 1. The molecule has 1 heterocycles. The van der Waals surface area contributed by atoms with E-state index in [1.165, 1.54) is 36.6 Å². The monoisotopic (exact) mass is 388 g/mol. The van der Waals surface area contributed by atoms with Gasteiger partial charge in [-0.25, -0.2) is 9.18 Å². The van der Waals surface area contributed by atoms with Crippen molar-refractivity contribution in [3.8, 4) is 0 Å². The number of thiazole rings is 1. The van der Waals surface area contributed by atoms with Crippen LogP contribution in [0.25, 0.3) is 10.2 Å². The lowest BCUT2D eigenvalue weighted by molar-refractivity contribution is 0.0597. The summed E-state index contributed by atoms with van der Waals surface area (Å²) in [7, 11) is 2.79. The molecule has 0 aliphatic rings. The highest BCUT2D eigenvalue weighted by atomic mass is 32.1. The number of benzene rings is 2. The standard InChI is InChI=1S/C19H17FN2O4S/c1-25-11-10-22-16-14(20)8-5-9-15(16)27-19(22)21-17(23)12-6-3-4-7-13(12)18(24)26-2/h3-9H,10-11H2,1-2H3. The molecule has 0 aliphatic carbocycles. The van der Waals surface area contributed by atoms with Crippen LogP contribution in [0.1, 0.15) is 20.7 Å². The summed E-state index contributed by atoms with van der Waals surface area (Å²) in [4.78, 5) is 29.1. The molecule has 3 rings (SSSR count). The number of nitrogens with zero attached hydrogens (tertiary/aromatic N) is 2. The molecule has 8 heteroatoms. The number of rotatable bonds is 5. The maximum Gasteiger partial charge on any atom is 0.338 e. The molecule has 6 nitrogen and oxygen atoms in total. The number of carbonyl (C=O) groups is 2. The number of para-hydroxylation sites is 1. The average molecular weight is 388 g/mol. The third kappa shape index (κ3) is 3.81. The normalized spacial score (nSPS) is 11.7. The molecule has 0 aliphatic heterocycles. The van der Waals surface area contributed by atoms with Crippen molar-refractivity contribution in [2.75, 3.05) is 20.8 Å². The summed E-state index contributed by atoms with van der Waals surface area (Å²) < 4.78 is 26.4. The second-order valence-electron chi connectivity index (χ2n) is 5.57. The first-order valence-corrected chi connectivity index (χ1v) is 8.91. The molecule has 0 fully saturated rings. The summed E-state index contributed by atoms with van der Waals surface area (Å²) in [5.41, 5.74) is 0.623. The summed E-state index contributed by atoms with van der Waals surface area (Å²) in [6.45, 7) is 0.669. The van der Waals surface area contributed by atoms with Crippen LogP contribution in [0.5, 0.6) is 0 Å². The van der Waals surface area contributed by atoms with Gasteiger partial charge in [-0.3, -0.25) is 4.79 Å². The average Bonchev–Trinajstić information content (AvgIpc) is 3.03. The fraction of sp³-hybridized carbons (Fsp3) is 0.211. The molecule has 2 aromatic carbocycles. The van der Waals surface area contributed by atoms with Crippen LogP contribution in [0.15, 0.2) is 47.5 Å². The van der Waals surface area contributed by atoms with Gasteiger partial charge in [-0.15, -0.1) is 0 Å². The zero-order valence-corrected chi connectivity index (χ0v) is 15.6. The summed E-state index contributed by atoms with van der Waals surface area (Å²) >= 11 is 1.20. The Balaban J connectivity index is 2.15. The van der Waals surface area contributed by atoms with Crippen molar-refractivity contribution in [2.24, 2.45) is 4.99 Å². The van der Waals surface area contributed by atoms with Gasteiger partial charge >= 0.3 is 5.97 Å². The highest BCUT2D eigenvalue weighted by Crippen LogP contribution is 2.20. The van der Waals surface area contributed by atoms with Gasteiger partial charge in [0.05, 0.1) is 35.1 Å². The number of fused-ring (bicyclic) bond motifs is 1. The fourth-order valence-electron chi connectivity index (χ4n) is 2.67. The highest BCUT2D eigenvalue weighted by molar-refractivity contribution is 7.16. The van der Waals surface area contributed by atoms with E-state index in [0.29, 0.717) is 28.2 Å². The van der Waals surface area contributed by atoms with E-state index < -0.39 is 17.7 Å². The van der Waals surface area contributed by atoms with Crippen LogP contribution in [-0.2, 0) is 16.0 Å². The number of methoxy groups -OCH3 is 2. The summed E-state index contributed by atoms with van der Waals surface area (Å²) in [5.74, 6) is -1.62. The molecule has 0 saturated carbocycles. The first-order chi connectivity index (χ1) is 13.1. The Morgan fingerprint density at radius 2 is 1.85 bits per heavy atom. The van der Waals surface area contributed by atoms with E-state index in [1.54, 1.807) is 35.9 Å². The maximum atomic E-state index is 14.3. The predicted octanol–water partition coefficient (Wildman–Crippen LogP) is 3.02. The second-order valence-corrected chi connectivity index (χ2v) is 6.58. The van der Waals surface area contributed by atoms with E-state index in [0.717, 1.165) is 0 Å². The quantitative estimate of drug-likeness (QED) is 0.630. The topological polar surface area (TPSA) is 69.9 Å². The third-order valence-electron chi connectivity index (χ3n) is 3.93. The minimum absolute atomic E-state index is 0.126. The van der Waals surface area contributed by atoms with Gasteiger partial charge in [0.2, 0.25) is 0 Å². The Morgan fingerprint density at radius 3 is 2.56 bits per heavy atom. The predicted molar refractivity (Wildman–Crippen MR) is 99.3 cm³/mol. The lowest BCUT2D eigenvalue weighted by Gasteiger charge is -2.06. The number of hydrogen-bond donors (Lipinski definition) is 0. The number of hydrogen-bond acceptors (Lipinski definition) is 5. The molecule has 0 N–H and O–H groups in total. The number of carbonyl (C=O) groups excluding carboxylic acids is 2. The molecule has 1 amide bonds. The fourth-order valence-corrected chi connectivity index (χ4v) is 3.74. The molecule has 0 saturated heterocycles. The van der Waals surface area contributed by atoms with Crippen molar-refractivity contribution in [2.45, 2.75) is 6.54 Å². The molecular formula is C19H17FN2O4S. The minimum Gasteiger partial charge on any atom is -0.465 e. The smallest absolute Gasteiger partial charge is 0.338 e. The van der Waals surface area contributed by atoms with E-state index in [2.05, 4.69) is 4.99 Å². The van der Waals surface area contributed by atoms with Gasteiger partial charge in [0.15, 0.2) is 4.80 Å². The van der Waals surface area contributed by atoms with Crippen molar-refractivity contribution in [3.63, 3.8) is 0 Å². The van der Waals surface area contributed by atoms with Crippen LogP contribution >= 0.6 is 11.3 Å². The molecule has 140 valence electrons. The maximum absolute atomic E-state index is 14.3. The lowest BCUT2D eigenvalue weighted by atomic mass is 10.1. The molecule has 0 bridgehead atoms. The Kier molecular flexibility index (Phi) is 5.78. The first-order valence-electron chi connectivity index (χ1n) is 8.10. The molecule has 0 radical (unpaired) electrons. The molecule has 0 spiro atoms. The van der Waals surface area contributed by atoms with Crippen LogP contribution in [0, 0.1) is 5.82 Å². The van der Waals surface area contributed by atoms with Crippen molar-refractivity contribution in [1.29, 1.82) is 0 Å². The minimum atomic E-state index is -0.621. The zero-order chi connectivity index (χ0) is 19.4. The number of aromatic nitrogens is 1. The molecule has 0 unspecified atom stereocenters. The number of halogens is 1. The Hall–Kier alpha value is -2.84. The second kappa shape index (κ2) is 8.24. The van der Waals surface area contributed by atoms with Crippen molar-refractivity contribution in [3.05, 3.63) is 64.2 Å². The Labute approximate surface area is 158 Å². The molecule has 3 aromatic rings. The van der Waals surface area contributed by atoms with Crippen LogP contribution in [0.2, 0.25) is 0 Å².